The number of nitrogens with one attached hydrogen (secondary N) is 1. The first-order valence-corrected chi connectivity index (χ1v) is 8.34. The molecule has 138 valence electrons. The maximum absolute atomic E-state index is 13.1. The number of benzene rings is 1. The number of nitro groups is 1. The van der Waals surface area contributed by atoms with Crippen LogP contribution in [-0.4, -0.2) is 26.8 Å². The van der Waals surface area contributed by atoms with Crippen LogP contribution in [0.25, 0.3) is 0 Å². The van der Waals surface area contributed by atoms with Gasteiger partial charge in [0.25, 0.3) is 10.9 Å². The first-order chi connectivity index (χ1) is 12.2. The predicted octanol–water partition coefficient (Wildman–Crippen LogP) is 3.60. The van der Waals surface area contributed by atoms with Gasteiger partial charge >= 0.3 is 6.18 Å². The highest BCUT2D eigenvalue weighted by molar-refractivity contribution is 7.99. The first kappa shape index (κ1) is 18.2. The highest BCUT2D eigenvalue weighted by atomic mass is 32.2. The Bertz CT molecular complexity index is 851. The Kier molecular flexibility index (Phi) is 4.85. The molecule has 0 saturated heterocycles. The van der Waals surface area contributed by atoms with Crippen LogP contribution in [0.1, 0.15) is 30.2 Å². The minimum atomic E-state index is -4.85. The summed E-state index contributed by atoms with van der Waals surface area (Å²) in [7, 11) is 0. The van der Waals surface area contributed by atoms with Crippen LogP contribution in [0, 0.1) is 10.1 Å². The number of nitrogens with zero attached hydrogens (tertiary/aromatic N) is 3. The molecule has 0 spiro atoms. The Hall–Kier alpha value is -2.63. The summed E-state index contributed by atoms with van der Waals surface area (Å²) in [4.78, 5) is 21.6. The number of aromatic nitrogens is 2. The van der Waals surface area contributed by atoms with Gasteiger partial charge in [0.15, 0.2) is 0 Å². The number of nitro benzene ring substituents is 1. The van der Waals surface area contributed by atoms with E-state index in [0.717, 1.165) is 36.7 Å². The fourth-order valence-electron chi connectivity index (χ4n) is 2.08. The molecule has 3 rings (SSSR count). The number of carbonyl (C=O) groups excluding carboxylic acids is 1. The molecule has 1 aliphatic carbocycles. The second-order valence-electron chi connectivity index (χ2n) is 5.50. The minimum absolute atomic E-state index is 0.154. The molecule has 1 fully saturated rings. The summed E-state index contributed by atoms with van der Waals surface area (Å²) in [5, 5.41) is 20.5. The monoisotopic (exact) mass is 388 g/mol. The van der Waals surface area contributed by atoms with E-state index in [1.165, 1.54) is 0 Å². The minimum Gasteiger partial charge on any atom is -0.416 e. The summed E-state index contributed by atoms with van der Waals surface area (Å²) >= 11 is 0.893. The average molecular weight is 388 g/mol. The van der Waals surface area contributed by atoms with Crippen molar-refractivity contribution in [2.75, 3.05) is 11.1 Å². The molecule has 0 atom stereocenters. The maximum atomic E-state index is 13.1. The third-order valence-electron chi connectivity index (χ3n) is 3.47. The molecule has 12 heteroatoms. The van der Waals surface area contributed by atoms with Crippen molar-refractivity contribution in [1.29, 1.82) is 0 Å². The molecule has 1 N–H and O–H groups in total. The van der Waals surface area contributed by atoms with Crippen molar-refractivity contribution in [3.8, 4) is 0 Å². The second kappa shape index (κ2) is 6.94. The normalized spacial score (nSPS) is 14.3. The van der Waals surface area contributed by atoms with Crippen LogP contribution in [0.15, 0.2) is 27.8 Å². The molecule has 1 amide bonds. The topological polar surface area (TPSA) is 111 Å². The van der Waals surface area contributed by atoms with Crippen LogP contribution in [0.2, 0.25) is 0 Å². The molecule has 8 nitrogen and oxygen atoms in total. The summed E-state index contributed by atoms with van der Waals surface area (Å²) in [5.41, 5.74) is -2.57. The van der Waals surface area contributed by atoms with Crippen molar-refractivity contribution in [2.24, 2.45) is 0 Å². The van der Waals surface area contributed by atoms with Gasteiger partial charge in [0, 0.05) is 18.1 Å². The molecule has 2 aromatic rings. The SMILES string of the molecule is O=C(CSc1nnc(C2CC2)o1)Nc1ccc([N+](=O)[O-])cc1C(F)(F)F. The lowest BCUT2D eigenvalue weighted by Gasteiger charge is -2.13. The van der Waals surface area contributed by atoms with Crippen molar-refractivity contribution in [1.82, 2.24) is 10.2 Å². The highest BCUT2D eigenvalue weighted by Crippen LogP contribution is 2.40. The third-order valence-corrected chi connectivity index (χ3v) is 4.29. The van der Waals surface area contributed by atoms with Gasteiger partial charge in [-0.15, -0.1) is 10.2 Å². The molecule has 1 aromatic heterocycles. The number of halogens is 3. The Morgan fingerprint density at radius 3 is 2.73 bits per heavy atom. The van der Waals surface area contributed by atoms with Gasteiger partial charge in [0.1, 0.15) is 0 Å². The van der Waals surface area contributed by atoms with E-state index in [4.69, 9.17) is 4.42 Å². The number of alkyl halides is 3. The molecule has 1 aromatic carbocycles. The molecule has 0 aliphatic heterocycles. The Balaban J connectivity index is 1.66. The summed E-state index contributed by atoms with van der Waals surface area (Å²) in [6, 6.07) is 2.11. The largest absolute Gasteiger partial charge is 0.418 e. The average Bonchev–Trinajstić information content (AvgIpc) is 3.30. The first-order valence-electron chi connectivity index (χ1n) is 7.35. The molecule has 26 heavy (non-hydrogen) atoms. The fraction of sp³-hybridized carbons (Fsp3) is 0.357. The van der Waals surface area contributed by atoms with E-state index in [0.29, 0.717) is 12.0 Å². The van der Waals surface area contributed by atoms with Crippen LogP contribution in [0.3, 0.4) is 0 Å². The van der Waals surface area contributed by atoms with Gasteiger partial charge in [0.2, 0.25) is 11.8 Å². The van der Waals surface area contributed by atoms with Crippen molar-refractivity contribution < 1.29 is 27.3 Å². The van der Waals surface area contributed by atoms with Crippen molar-refractivity contribution in [3.63, 3.8) is 0 Å². The van der Waals surface area contributed by atoms with Gasteiger partial charge in [-0.3, -0.25) is 14.9 Å². The quantitative estimate of drug-likeness (QED) is 0.457. The zero-order valence-corrected chi connectivity index (χ0v) is 13.8. The van der Waals surface area contributed by atoms with Crippen LogP contribution in [0.5, 0.6) is 0 Å². The number of hydrogen-bond acceptors (Lipinski definition) is 7. The number of thioether (sulfide) groups is 1. The number of hydrogen-bond donors (Lipinski definition) is 1. The van der Waals surface area contributed by atoms with Crippen molar-refractivity contribution in [2.45, 2.75) is 30.2 Å². The molecule has 0 radical (unpaired) electrons. The predicted molar refractivity (Wildman–Crippen MR) is 83.7 cm³/mol. The van der Waals surface area contributed by atoms with Crippen LogP contribution < -0.4 is 5.32 Å². The maximum Gasteiger partial charge on any atom is 0.418 e. The molecule has 1 saturated carbocycles. The molecule has 1 aliphatic rings. The number of amides is 1. The summed E-state index contributed by atoms with van der Waals surface area (Å²) in [6.07, 6.45) is -2.92. The fourth-order valence-corrected chi connectivity index (χ4v) is 2.65. The van der Waals surface area contributed by atoms with Gasteiger partial charge in [-0.1, -0.05) is 11.8 Å². The lowest BCUT2D eigenvalue weighted by atomic mass is 10.1. The van der Waals surface area contributed by atoms with E-state index in [1.807, 2.05) is 0 Å². The second-order valence-corrected chi connectivity index (χ2v) is 6.43. The number of carbonyl (C=O) groups is 1. The lowest BCUT2D eigenvalue weighted by Crippen LogP contribution is -2.18. The van der Waals surface area contributed by atoms with E-state index < -0.39 is 33.9 Å². The van der Waals surface area contributed by atoms with Gasteiger partial charge in [-0.05, 0) is 18.9 Å². The van der Waals surface area contributed by atoms with Crippen LogP contribution in [0.4, 0.5) is 24.5 Å². The number of rotatable bonds is 6. The summed E-state index contributed by atoms with van der Waals surface area (Å²) < 4.78 is 44.5. The van der Waals surface area contributed by atoms with Crippen LogP contribution >= 0.6 is 11.8 Å². The molecule has 0 unspecified atom stereocenters. The van der Waals surface area contributed by atoms with Gasteiger partial charge < -0.3 is 9.73 Å². The molecular formula is C14H11F3N4O4S. The Morgan fingerprint density at radius 2 is 2.12 bits per heavy atom. The summed E-state index contributed by atoms with van der Waals surface area (Å²) in [6.45, 7) is 0. The zero-order valence-electron chi connectivity index (χ0n) is 12.9. The highest BCUT2D eigenvalue weighted by Gasteiger charge is 2.35. The van der Waals surface area contributed by atoms with E-state index >= 15 is 0 Å². The lowest BCUT2D eigenvalue weighted by molar-refractivity contribution is -0.385. The van der Waals surface area contributed by atoms with E-state index in [1.54, 1.807) is 0 Å². The number of non-ortho nitro benzene ring substituents is 1. The Labute approximate surface area is 148 Å². The van der Waals surface area contributed by atoms with Gasteiger partial charge in [-0.25, -0.2) is 0 Å². The van der Waals surface area contributed by atoms with Gasteiger partial charge in [-0.2, -0.15) is 13.2 Å². The van der Waals surface area contributed by atoms with Crippen LogP contribution in [-0.2, 0) is 11.0 Å². The third kappa shape index (κ3) is 4.31. The zero-order chi connectivity index (χ0) is 18.9. The van der Waals surface area contributed by atoms with Crippen molar-refractivity contribution >= 4 is 29.0 Å². The summed E-state index contributed by atoms with van der Waals surface area (Å²) in [5.74, 6) is -0.246. The number of anilines is 1. The molecular weight excluding hydrogens is 377 g/mol. The Morgan fingerprint density at radius 1 is 1.38 bits per heavy atom. The molecule has 1 heterocycles. The van der Waals surface area contributed by atoms with E-state index in [-0.39, 0.29) is 16.9 Å². The van der Waals surface area contributed by atoms with E-state index in [9.17, 15) is 28.1 Å². The van der Waals surface area contributed by atoms with Crippen molar-refractivity contribution in [3.05, 3.63) is 39.8 Å². The molecule has 0 bridgehead atoms. The standard InChI is InChI=1S/C14H11F3N4O4S/c15-14(16,17)9-5-8(21(23)24)3-4-10(9)18-11(22)6-26-13-20-19-12(25-13)7-1-2-7/h3-5,7H,1-2,6H2,(H,18,22). The smallest absolute Gasteiger partial charge is 0.416 e. The van der Waals surface area contributed by atoms with Gasteiger partial charge in [0.05, 0.1) is 21.9 Å². The van der Waals surface area contributed by atoms with E-state index in [2.05, 4.69) is 15.5 Å².